The predicted molar refractivity (Wildman–Crippen MR) is 67.2 cm³/mol. The molecular weight excluding hydrogens is 348 g/mol. The van der Waals surface area contributed by atoms with Gasteiger partial charge >= 0.3 is 13.8 Å². The minimum Gasteiger partial charge on any atom is -0.539 e. The predicted octanol–water partition coefficient (Wildman–Crippen LogP) is 3.15. The fourth-order valence-corrected chi connectivity index (χ4v) is 1.78. The largest absolute Gasteiger partial charge is 0.539 e. The van der Waals surface area contributed by atoms with Gasteiger partial charge in [-0.1, -0.05) is 0 Å². The Morgan fingerprint density at radius 1 is 0.792 bits per heavy atom. The lowest BCUT2D eigenvalue weighted by Gasteiger charge is -2.20. The van der Waals surface area contributed by atoms with Crippen LogP contribution in [0.5, 0.6) is 11.5 Å². The summed E-state index contributed by atoms with van der Waals surface area (Å²) in [7, 11) is -0.959. The number of ether oxygens (including phenoxy) is 1. The zero-order valence-electron chi connectivity index (χ0n) is 11.4. The highest BCUT2D eigenvalue weighted by molar-refractivity contribution is 6.17. The second-order valence-corrected chi connectivity index (χ2v) is 4.36. The lowest BCUT2D eigenvalue weighted by molar-refractivity contribution is -0.189. The summed E-state index contributed by atoms with van der Waals surface area (Å²) in [6.45, 7) is 0. The average molecular weight is 354 g/mol. The molecule has 1 N–H and O–H groups in total. The Hall–Kier alpha value is -2.43. The lowest BCUT2D eigenvalue weighted by Crippen LogP contribution is -2.25. The molecule has 0 fully saturated rings. The van der Waals surface area contributed by atoms with Crippen LogP contribution in [0, 0.1) is 29.1 Å². The first-order valence-corrected chi connectivity index (χ1v) is 6.10. The third-order valence-electron chi connectivity index (χ3n) is 2.74. The van der Waals surface area contributed by atoms with Crippen molar-refractivity contribution < 1.29 is 45.1 Å². The first kappa shape index (κ1) is 17.9. The maximum Gasteiger partial charge on any atom is 0.504 e. The molecule has 128 valence electrons. The molecule has 0 aliphatic heterocycles. The highest BCUT2D eigenvalue weighted by Crippen LogP contribution is 2.37. The van der Waals surface area contributed by atoms with Gasteiger partial charge in [0.05, 0.1) is 0 Å². The summed E-state index contributed by atoms with van der Waals surface area (Å²) in [5.74, 6) is -10.9. The molecule has 2 aromatic carbocycles. The average Bonchev–Trinajstić information content (AvgIpc) is 2.43. The van der Waals surface area contributed by atoms with E-state index in [1.165, 1.54) is 0 Å². The van der Waals surface area contributed by atoms with Crippen LogP contribution < -0.4 is 9.39 Å². The highest BCUT2D eigenvalue weighted by Gasteiger charge is 2.41. The van der Waals surface area contributed by atoms with Gasteiger partial charge in [0.1, 0.15) is 28.7 Å². The molecule has 0 heterocycles. The molecule has 0 saturated carbocycles. The van der Waals surface area contributed by atoms with Gasteiger partial charge in [0.2, 0.25) is 0 Å². The van der Waals surface area contributed by atoms with E-state index in [4.69, 9.17) is 5.02 Å². The topological polar surface area (TPSA) is 38.7 Å². The Morgan fingerprint density at radius 2 is 1.25 bits per heavy atom. The summed E-state index contributed by atoms with van der Waals surface area (Å²) in [6.07, 6.45) is -4.68. The van der Waals surface area contributed by atoms with Gasteiger partial charge in [-0.15, -0.1) is 0 Å². The smallest absolute Gasteiger partial charge is 0.504 e. The third kappa shape index (κ3) is 3.56. The maximum absolute atomic E-state index is 13.9. The van der Waals surface area contributed by atoms with E-state index in [-0.39, 0.29) is 12.1 Å². The Kier molecular flexibility index (Phi) is 4.92. The van der Waals surface area contributed by atoms with Crippen LogP contribution in [0.15, 0.2) is 24.3 Å². The minimum absolute atomic E-state index is 0.0887. The number of halogens is 7. The van der Waals surface area contributed by atoms with Crippen molar-refractivity contribution in [2.75, 3.05) is 0 Å². The second kappa shape index (κ2) is 6.60. The van der Waals surface area contributed by atoms with Crippen molar-refractivity contribution in [2.45, 2.75) is 6.11 Å². The van der Waals surface area contributed by atoms with E-state index in [0.29, 0.717) is 12.1 Å². The van der Waals surface area contributed by atoms with E-state index < -0.39 is 59.9 Å². The number of rotatable bonds is 5. The van der Waals surface area contributed by atoms with E-state index in [0.717, 1.165) is 0 Å². The molecule has 0 aliphatic rings. The van der Waals surface area contributed by atoms with Crippen molar-refractivity contribution in [1.82, 2.24) is 0 Å². The monoisotopic (exact) mass is 354 g/mol. The van der Waals surface area contributed by atoms with Crippen LogP contribution in [0.25, 0.3) is 0 Å². The molecule has 0 amide bonds. The first-order chi connectivity index (χ1) is 11.2. The molecule has 3 nitrogen and oxygen atoms in total. The Morgan fingerprint density at radius 3 is 1.71 bits per heavy atom. The van der Waals surface area contributed by atoms with E-state index in [9.17, 15) is 30.7 Å². The number of hydrogen-bond acceptors (Lipinski definition) is 3. The van der Waals surface area contributed by atoms with Crippen molar-refractivity contribution in [1.29, 1.82) is 0 Å². The van der Waals surface area contributed by atoms with Gasteiger partial charge in [0.15, 0.2) is 17.5 Å². The molecule has 24 heavy (non-hydrogen) atoms. The van der Waals surface area contributed by atoms with E-state index in [2.05, 4.69) is 9.39 Å². The quantitative estimate of drug-likeness (QED) is 0.510. The summed E-state index contributed by atoms with van der Waals surface area (Å²) in [4.78, 5) is 0. The molecule has 0 atom stereocenters. The van der Waals surface area contributed by atoms with Crippen LogP contribution >= 0.6 is 0 Å². The minimum atomic E-state index is -4.68. The van der Waals surface area contributed by atoms with Crippen molar-refractivity contribution in [3.63, 3.8) is 0 Å². The van der Waals surface area contributed by atoms with E-state index in [1.807, 2.05) is 0 Å². The summed E-state index contributed by atoms with van der Waals surface area (Å²) in [6, 6.07) is 0.867. The summed E-state index contributed by atoms with van der Waals surface area (Å²) >= 11 is 0. The number of benzene rings is 2. The molecule has 0 spiro atoms. The van der Waals surface area contributed by atoms with Gasteiger partial charge in [-0.25, -0.2) is 22.0 Å². The van der Waals surface area contributed by atoms with Gasteiger partial charge < -0.3 is 14.4 Å². The highest BCUT2D eigenvalue weighted by atomic mass is 19.3. The van der Waals surface area contributed by atoms with Crippen LogP contribution in [-0.2, 0) is 6.11 Å². The standard InChI is InChI=1S/C13H6BF7O3/c15-7-3-6(24-14-22)4-8(16)11(7)13(20,21)23-5-1-9(17)12(19)10(18)2-5/h1-4,14,22H. The lowest BCUT2D eigenvalue weighted by atomic mass is 10.1. The fourth-order valence-electron chi connectivity index (χ4n) is 1.78. The molecule has 0 saturated heterocycles. The zero-order chi connectivity index (χ0) is 18.1. The number of alkyl halides is 2. The zero-order valence-corrected chi connectivity index (χ0v) is 11.4. The van der Waals surface area contributed by atoms with Crippen molar-refractivity contribution in [3.8, 4) is 11.5 Å². The van der Waals surface area contributed by atoms with Gasteiger partial charge in [0.25, 0.3) is 0 Å². The van der Waals surface area contributed by atoms with Crippen molar-refractivity contribution in [3.05, 3.63) is 58.9 Å². The molecule has 0 aliphatic carbocycles. The van der Waals surface area contributed by atoms with Gasteiger partial charge in [-0.05, 0) is 0 Å². The maximum atomic E-state index is 13.9. The number of hydrogen-bond donors (Lipinski definition) is 1. The third-order valence-corrected chi connectivity index (χ3v) is 2.74. The molecule has 11 heteroatoms. The molecule has 0 aromatic heterocycles. The van der Waals surface area contributed by atoms with Crippen LogP contribution in [0.3, 0.4) is 0 Å². The molecule has 0 radical (unpaired) electrons. The molecular formula is C13H6BF7O3. The van der Waals surface area contributed by atoms with Gasteiger partial charge in [0, 0.05) is 24.3 Å². The summed E-state index contributed by atoms with van der Waals surface area (Å²) < 4.78 is 102. The molecule has 0 bridgehead atoms. The first-order valence-electron chi connectivity index (χ1n) is 6.10. The van der Waals surface area contributed by atoms with Crippen molar-refractivity contribution >= 4 is 7.69 Å². The van der Waals surface area contributed by atoms with Crippen LogP contribution in [0.4, 0.5) is 30.7 Å². The molecule has 2 aromatic rings. The summed E-state index contributed by atoms with van der Waals surface area (Å²) in [5, 5.41) is 8.46. The van der Waals surface area contributed by atoms with Gasteiger partial charge in [-0.3, -0.25) is 0 Å². The summed E-state index contributed by atoms with van der Waals surface area (Å²) in [5.41, 5.74) is -1.86. The van der Waals surface area contributed by atoms with E-state index >= 15 is 0 Å². The van der Waals surface area contributed by atoms with Crippen molar-refractivity contribution in [2.24, 2.45) is 0 Å². The van der Waals surface area contributed by atoms with Crippen LogP contribution in [0.1, 0.15) is 5.56 Å². The molecule has 2 rings (SSSR count). The fraction of sp³-hybridized carbons (Fsp3) is 0.0769. The van der Waals surface area contributed by atoms with Gasteiger partial charge in [-0.2, -0.15) is 8.78 Å². The normalized spacial score (nSPS) is 11.3. The Labute approximate surface area is 130 Å². The Bertz CT molecular complexity index is 723. The van der Waals surface area contributed by atoms with Crippen LogP contribution in [-0.4, -0.2) is 12.7 Å². The van der Waals surface area contributed by atoms with Crippen LogP contribution in [0.2, 0.25) is 0 Å². The molecule has 0 unspecified atom stereocenters. The Balaban J connectivity index is 2.40. The second-order valence-electron chi connectivity index (χ2n) is 4.36. The SMILES string of the molecule is OBOc1cc(F)c(C(F)(F)Oc2cc(F)c(F)c(F)c2)c(F)c1. The van der Waals surface area contributed by atoms with E-state index in [1.54, 1.807) is 0 Å².